The van der Waals surface area contributed by atoms with Gasteiger partial charge in [0.05, 0.1) is 15.5 Å². The van der Waals surface area contributed by atoms with E-state index in [-0.39, 0.29) is 16.5 Å². The van der Waals surface area contributed by atoms with Crippen LogP contribution in [0.4, 0.5) is 5.69 Å². The Morgan fingerprint density at radius 2 is 1.92 bits per heavy atom. The van der Waals surface area contributed by atoms with Crippen LogP contribution in [0.5, 0.6) is 5.75 Å². The van der Waals surface area contributed by atoms with E-state index in [0.29, 0.717) is 17.0 Å². The lowest BCUT2D eigenvalue weighted by Crippen LogP contribution is -2.20. The van der Waals surface area contributed by atoms with E-state index < -0.39 is 15.7 Å². The summed E-state index contributed by atoms with van der Waals surface area (Å²) < 4.78 is 28.0. The van der Waals surface area contributed by atoms with Crippen molar-refractivity contribution in [1.82, 2.24) is 0 Å². The first-order valence-corrected chi connectivity index (χ1v) is 8.99. The Labute approximate surface area is 144 Å². The number of nitrogens with zero attached hydrogens (tertiary/aromatic N) is 1. The molecule has 1 amide bonds. The fourth-order valence-electron chi connectivity index (χ4n) is 1.81. The van der Waals surface area contributed by atoms with Crippen molar-refractivity contribution in [2.24, 2.45) is 0 Å². The lowest BCUT2D eigenvalue weighted by molar-refractivity contribution is -0.118. The Hall–Kier alpha value is -2.56. The molecule has 0 aromatic heterocycles. The molecule has 0 atom stereocenters. The van der Waals surface area contributed by atoms with E-state index in [2.05, 4.69) is 5.32 Å². The minimum absolute atomic E-state index is 0.173. The van der Waals surface area contributed by atoms with Crippen LogP contribution in [0.2, 0.25) is 5.02 Å². The van der Waals surface area contributed by atoms with Crippen LogP contribution in [0, 0.1) is 11.3 Å². The van der Waals surface area contributed by atoms with Crippen molar-refractivity contribution in [2.75, 3.05) is 18.2 Å². The van der Waals surface area contributed by atoms with E-state index in [0.717, 1.165) is 6.26 Å². The summed E-state index contributed by atoms with van der Waals surface area (Å²) in [4.78, 5) is 12.0. The molecule has 0 saturated heterocycles. The number of halogens is 1. The van der Waals surface area contributed by atoms with Gasteiger partial charge in [0, 0.05) is 11.9 Å². The molecule has 2 aromatic rings. The third kappa shape index (κ3) is 4.72. The monoisotopic (exact) mass is 364 g/mol. The number of amides is 1. The molecule has 8 heteroatoms. The molecular formula is C16H13ClN2O4S. The quantitative estimate of drug-likeness (QED) is 0.879. The number of sulfone groups is 1. The molecule has 2 rings (SSSR count). The zero-order valence-electron chi connectivity index (χ0n) is 12.6. The number of hydrogen-bond donors (Lipinski definition) is 1. The number of hydrogen-bond acceptors (Lipinski definition) is 5. The first kappa shape index (κ1) is 17.8. The molecule has 0 bridgehead atoms. The normalized spacial score (nSPS) is 10.7. The second-order valence-corrected chi connectivity index (χ2v) is 7.31. The maximum atomic E-state index is 11.8. The van der Waals surface area contributed by atoms with Gasteiger partial charge in [-0.2, -0.15) is 5.26 Å². The Balaban J connectivity index is 1.94. The highest BCUT2D eigenvalue weighted by Crippen LogP contribution is 2.20. The first-order valence-electron chi connectivity index (χ1n) is 6.72. The third-order valence-corrected chi connectivity index (χ3v) is 4.44. The van der Waals surface area contributed by atoms with Crippen LogP contribution in [-0.2, 0) is 14.6 Å². The Morgan fingerprint density at radius 1 is 1.25 bits per heavy atom. The summed E-state index contributed by atoms with van der Waals surface area (Å²) in [6, 6.07) is 12.2. The zero-order chi connectivity index (χ0) is 17.7. The number of nitriles is 1. The second-order valence-electron chi connectivity index (χ2n) is 4.89. The highest BCUT2D eigenvalue weighted by molar-refractivity contribution is 7.90. The largest absolute Gasteiger partial charge is 0.484 e. The van der Waals surface area contributed by atoms with Gasteiger partial charge in [0.1, 0.15) is 11.8 Å². The molecule has 0 fully saturated rings. The van der Waals surface area contributed by atoms with Gasteiger partial charge in [-0.15, -0.1) is 0 Å². The molecule has 0 unspecified atom stereocenters. The van der Waals surface area contributed by atoms with Crippen LogP contribution in [0.1, 0.15) is 5.56 Å². The molecule has 0 aliphatic rings. The number of rotatable bonds is 5. The molecule has 0 aliphatic heterocycles. The summed E-state index contributed by atoms with van der Waals surface area (Å²) in [5, 5.41) is 11.6. The average Bonchev–Trinajstić information content (AvgIpc) is 2.53. The van der Waals surface area contributed by atoms with Gasteiger partial charge in [0.25, 0.3) is 5.91 Å². The van der Waals surface area contributed by atoms with Crippen molar-refractivity contribution in [3.8, 4) is 11.8 Å². The standard InChI is InChI=1S/C16H13ClN2O4S/c1-24(21,22)14-6-4-13(5-7-14)23-10-16(20)19-12-3-2-11(9-18)15(17)8-12/h2-8H,10H2,1H3,(H,19,20). The number of carbonyl (C=O) groups excluding carboxylic acids is 1. The fraction of sp³-hybridized carbons (Fsp3) is 0.125. The minimum atomic E-state index is -3.27. The van der Waals surface area contributed by atoms with Gasteiger partial charge < -0.3 is 10.1 Å². The predicted octanol–water partition coefficient (Wildman–Crippen LogP) is 2.63. The van der Waals surface area contributed by atoms with Crippen LogP contribution >= 0.6 is 11.6 Å². The molecule has 1 N–H and O–H groups in total. The van der Waals surface area contributed by atoms with Gasteiger partial charge >= 0.3 is 0 Å². The molecule has 124 valence electrons. The van der Waals surface area contributed by atoms with Gasteiger partial charge in [0.15, 0.2) is 16.4 Å². The van der Waals surface area contributed by atoms with Gasteiger partial charge in [0.2, 0.25) is 0 Å². The fourth-order valence-corrected chi connectivity index (χ4v) is 2.67. The molecule has 0 heterocycles. The molecule has 0 saturated carbocycles. The van der Waals surface area contributed by atoms with Gasteiger partial charge in [-0.1, -0.05) is 11.6 Å². The summed E-state index contributed by atoms with van der Waals surface area (Å²) in [7, 11) is -3.27. The number of benzene rings is 2. The molecular weight excluding hydrogens is 352 g/mol. The molecule has 0 spiro atoms. The maximum Gasteiger partial charge on any atom is 0.262 e. The highest BCUT2D eigenvalue weighted by Gasteiger charge is 2.08. The van der Waals surface area contributed by atoms with Crippen molar-refractivity contribution in [2.45, 2.75) is 4.90 Å². The third-order valence-electron chi connectivity index (χ3n) is 3.00. The minimum Gasteiger partial charge on any atom is -0.484 e. The van der Waals surface area contributed by atoms with E-state index in [1.54, 1.807) is 6.07 Å². The SMILES string of the molecule is CS(=O)(=O)c1ccc(OCC(=O)Nc2ccc(C#N)c(Cl)c2)cc1. The maximum absolute atomic E-state index is 11.8. The van der Waals surface area contributed by atoms with E-state index in [4.69, 9.17) is 21.6 Å². The van der Waals surface area contributed by atoms with Gasteiger partial charge in [-0.25, -0.2) is 8.42 Å². The molecule has 0 aliphatic carbocycles. The lowest BCUT2D eigenvalue weighted by Gasteiger charge is -2.08. The van der Waals surface area contributed by atoms with Gasteiger partial charge in [-0.05, 0) is 42.5 Å². The molecule has 24 heavy (non-hydrogen) atoms. The average molecular weight is 365 g/mol. The van der Waals surface area contributed by atoms with Crippen molar-refractivity contribution in [1.29, 1.82) is 5.26 Å². The number of nitrogens with one attached hydrogen (secondary N) is 1. The van der Waals surface area contributed by atoms with Crippen molar-refractivity contribution >= 4 is 33.0 Å². The highest BCUT2D eigenvalue weighted by atomic mass is 35.5. The molecule has 2 aromatic carbocycles. The van der Waals surface area contributed by atoms with Crippen molar-refractivity contribution in [3.05, 3.63) is 53.1 Å². The van der Waals surface area contributed by atoms with E-state index >= 15 is 0 Å². The molecule has 6 nitrogen and oxygen atoms in total. The Bertz CT molecular complexity index is 903. The Kier molecular flexibility index (Phi) is 5.44. The summed E-state index contributed by atoms with van der Waals surface area (Å²) in [5.41, 5.74) is 0.761. The summed E-state index contributed by atoms with van der Waals surface area (Å²) in [6.45, 7) is -0.254. The Morgan fingerprint density at radius 3 is 2.46 bits per heavy atom. The van der Waals surface area contributed by atoms with Gasteiger partial charge in [-0.3, -0.25) is 4.79 Å². The number of anilines is 1. The summed E-state index contributed by atoms with van der Waals surface area (Å²) >= 11 is 5.88. The van der Waals surface area contributed by atoms with E-state index in [1.165, 1.54) is 36.4 Å². The smallest absolute Gasteiger partial charge is 0.262 e. The van der Waals surface area contributed by atoms with Crippen LogP contribution < -0.4 is 10.1 Å². The van der Waals surface area contributed by atoms with E-state index in [9.17, 15) is 13.2 Å². The van der Waals surface area contributed by atoms with Crippen LogP contribution in [0.15, 0.2) is 47.4 Å². The molecule has 0 radical (unpaired) electrons. The number of ether oxygens (including phenoxy) is 1. The summed E-state index contributed by atoms with van der Waals surface area (Å²) in [5.74, 6) is -0.0432. The van der Waals surface area contributed by atoms with Crippen LogP contribution in [-0.4, -0.2) is 27.2 Å². The van der Waals surface area contributed by atoms with Crippen LogP contribution in [0.3, 0.4) is 0 Å². The summed E-state index contributed by atoms with van der Waals surface area (Å²) in [6.07, 6.45) is 1.11. The first-order chi connectivity index (χ1) is 11.3. The topological polar surface area (TPSA) is 96.3 Å². The number of carbonyl (C=O) groups is 1. The van der Waals surface area contributed by atoms with Crippen LogP contribution in [0.25, 0.3) is 0 Å². The zero-order valence-corrected chi connectivity index (χ0v) is 14.2. The van der Waals surface area contributed by atoms with Crippen molar-refractivity contribution in [3.63, 3.8) is 0 Å². The predicted molar refractivity (Wildman–Crippen MR) is 89.8 cm³/mol. The van der Waals surface area contributed by atoms with E-state index in [1.807, 2.05) is 6.07 Å². The lowest BCUT2D eigenvalue weighted by atomic mass is 10.2. The second kappa shape index (κ2) is 7.34. The van der Waals surface area contributed by atoms with Crippen molar-refractivity contribution < 1.29 is 17.9 Å².